The molecule has 0 bridgehead atoms. The van der Waals surface area contributed by atoms with Crippen LogP contribution in [0.5, 0.6) is 11.5 Å². The zero-order valence-electron chi connectivity index (χ0n) is 16.3. The second-order valence-electron chi connectivity index (χ2n) is 6.46. The van der Waals surface area contributed by atoms with Crippen molar-refractivity contribution >= 4 is 46.5 Å². The molecular weight excluding hydrogens is 485 g/mol. The molecule has 0 spiro atoms. The zero-order valence-corrected chi connectivity index (χ0v) is 18.5. The molecule has 150 valence electrons. The Morgan fingerprint density at radius 1 is 1.24 bits per heavy atom. The van der Waals surface area contributed by atoms with Gasteiger partial charge >= 0.3 is 11.9 Å². The Hall–Kier alpha value is -2.68. The molecule has 0 fully saturated rings. The largest absolute Gasteiger partial charge is 0.493 e. The quantitative estimate of drug-likeness (QED) is 0.247. The highest BCUT2D eigenvalue weighted by Crippen LogP contribution is 2.35. The number of esters is 2. The van der Waals surface area contributed by atoms with E-state index in [1.807, 2.05) is 38.1 Å². The molecule has 3 rings (SSSR count). The summed E-state index contributed by atoms with van der Waals surface area (Å²) in [7, 11) is 1.50. The van der Waals surface area contributed by atoms with E-state index in [1.165, 1.54) is 7.11 Å². The molecule has 1 heterocycles. The number of carbonyl (C=O) groups excluding carboxylic acids is 2. The molecular formula is C22H20INO5. The summed E-state index contributed by atoms with van der Waals surface area (Å²) in [6.45, 7) is 3.89. The molecule has 1 aliphatic heterocycles. The maximum atomic E-state index is 12.2. The average molecular weight is 505 g/mol. The van der Waals surface area contributed by atoms with E-state index in [0.717, 1.165) is 11.1 Å². The van der Waals surface area contributed by atoms with Crippen LogP contribution in [0.25, 0.3) is 6.08 Å². The van der Waals surface area contributed by atoms with Gasteiger partial charge in [-0.05, 0) is 71.8 Å². The fraction of sp³-hybridized carbons (Fsp3) is 0.227. The lowest BCUT2D eigenvalue weighted by Gasteiger charge is -2.12. The van der Waals surface area contributed by atoms with Gasteiger partial charge in [0, 0.05) is 12.0 Å². The number of nitrogens with zero attached hydrogens (tertiary/aromatic N) is 1. The van der Waals surface area contributed by atoms with Crippen LogP contribution >= 0.6 is 22.6 Å². The van der Waals surface area contributed by atoms with Gasteiger partial charge in [-0.3, -0.25) is 4.79 Å². The van der Waals surface area contributed by atoms with Crippen LogP contribution in [-0.4, -0.2) is 24.9 Å². The summed E-state index contributed by atoms with van der Waals surface area (Å²) in [5.41, 5.74) is 2.71. The first-order valence-electron chi connectivity index (χ1n) is 9.09. The van der Waals surface area contributed by atoms with Gasteiger partial charge in [0.05, 0.1) is 10.7 Å². The Balaban J connectivity index is 1.91. The second-order valence-corrected chi connectivity index (χ2v) is 7.62. The smallest absolute Gasteiger partial charge is 0.363 e. The lowest BCUT2D eigenvalue weighted by molar-refractivity contribution is -0.134. The van der Waals surface area contributed by atoms with Gasteiger partial charge in [-0.2, -0.15) is 0 Å². The van der Waals surface area contributed by atoms with E-state index >= 15 is 0 Å². The number of hydrogen-bond acceptors (Lipinski definition) is 6. The first-order chi connectivity index (χ1) is 13.9. The van der Waals surface area contributed by atoms with Crippen molar-refractivity contribution in [3.05, 3.63) is 62.4 Å². The molecule has 0 saturated heterocycles. The summed E-state index contributed by atoms with van der Waals surface area (Å²) in [5, 5.41) is 0. The van der Waals surface area contributed by atoms with Crippen molar-refractivity contribution in [1.82, 2.24) is 0 Å². The van der Waals surface area contributed by atoms with Crippen LogP contribution < -0.4 is 9.47 Å². The molecule has 7 heteroatoms. The fourth-order valence-corrected chi connectivity index (χ4v) is 3.41. The standard InChI is InChI=1S/C22H20INO5/c1-4-5-19(25)28-20-16(23)10-14(12-18(20)27-3)11-17-22(26)29-21(24-17)15-8-6-13(2)7-9-15/h6-12H,4-5H2,1-3H3/b17-11-. The summed E-state index contributed by atoms with van der Waals surface area (Å²) >= 11 is 2.07. The number of carbonyl (C=O) groups is 2. The average Bonchev–Trinajstić information content (AvgIpc) is 3.04. The van der Waals surface area contributed by atoms with Gasteiger partial charge in [0.1, 0.15) is 0 Å². The van der Waals surface area contributed by atoms with Crippen LogP contribution in [0.4, 0.5) is 0 Å². The van der Waals surface area contributed by atoms with E-state index in [4.69, 9.17) is 14.2 Å². The molecule has 1 aliphatic rings. The third-order valence-electron chi connectivity index (χ3n) is 4.14. The van der Waals surface area contributed by atoms with Gasteiger partial charge in [-0.1, -0.05) is 24.6 Å². The van der Waals surface area contributed by atoms with Crippen LogP contribution in [0.15, 0.2) is 47.1 Å². The SMILES string of the molecule is CCCC(=O)Oc1c(I)cc(/C=C2\N=C(c3ccc(C)cc3)OC2=O)cc1OC. The Morgan fingerprint density at radius 2 is 1.97 bits per heavy atom. The van der Waals surface area contributed by atoms with Crippen LogP contribution in [0.2, 0.25) is 0 Å². The predicted molar refractivity (Wildman–Crippen MR) is 118 cm³/mol. The van der Waals surface area contributed by atoms with Gasteiger partial charge in [-0.15, -0.1) is 0 Å². The molecule has 0 radical (unpaired) electrons. The molecule has 0 atom stereocenters. The molecule has 0 saturated carbocycles. The molecule has 2 aromatic carbocycles. The number of ether oxygens (including phenoxy) is 3. The summed E-state index contributed by atoms with van der Waals surface area (Å²) in [4.78, 5) is 28.4. The Morgan fingerprint density at radius 3 is 2.62 bits per heavy atom. The first kappa shape index (κ1) is 21.0. The predicted octanol–water partition coefficient (Wildman–Crippen LogP) is 4.66. The molecule has 0 amide bonds. The summed E-state index contributed by atoms with van der Waals surface area (Å²) in [6, 6.07) is 11.1. The number of aliphatic imine (C=N–C) groups is 1. The van der Waals surface area contributed by atoms with Gasteiger partial charge in [0.2, 0.25) is 5.90 Å². The van der Waals surface area contributed by atoms with E-state index in [1.54, 1.807) is 18.2 Å². The second kappa shape index (κ2) is 9.21. The van der Waals surface area contributed by atoms with Gasteiger partial charge < -0.3 is 14.2 Å². The zero-order chi connectivity index (χ0) is 21.0. The molecule has 0 aliphatic carbocycles. The van der Waals surface area contributed by atoms with E-state index in [9.17, 15) is 9.59 Å². The van der Waals surface area contributed by atoms with E-state index < -0.39 is 5.97 Å². The number of halogens is 1. The number of methoxy groups -OCH3 is 1. The van der Waals surface area contributed by atoms with Crippen molar-refractivity contribution in [2.75, 3.05) is 7.11 Å². The van der Waals surface area contributed by atoms with E-state index in [0.29, 0.717) is 33.5 Å². The molecule has 0 aromatic heterocycles. The maximum absolute atomic E-state index is 12.2. The fourth-order valence-electron chi connectivity index (χ4n) is 2.68. The van der Waals surface area contributed by atoms with E-state index in [-0.39, 0.29) is 17.6 Å². The monoisotopic (exact) mass is 505 g/mol. The minimum absolute atomic E-state index is 0.189. The molecule has 6 nitrogen and oxygen atoms in total. The Bertz CT molecular complexity index is 1010. The van der Waals surface area contributed by atoms with Crippen molar-refractivity contribution in [2.45, 2.75) is 26.7 Å². The van der Waals surface area contributed by atoms with Crippen LogP contribution in [0.3, 0.4) is 0 Å². The molecule has 2 aromatic rings. The third-order valence-corrected chi connectivity index (χ3v) is 4.95. The van der Waals surface area contributed by atoms with Crippen molar-refractivity contribution in [2.24, 2.45) is 4.99 Å². The van der Waals surface area contributed by atoms with E-state index in [2.05, 4.69) is 27.6 Å². The highest BCUT2D eigenvalue weighted by molar-refractivity contribution is 14.1. The number of benzene rings is 2. The molecule has 0 unspecified atom stereocenters. The summed E-state index contributed by atoms with van der Waals surface area (Å²) < 4.78 is 16.8. The van der Waals surface area contributed by atoms with Crippen molar-refractivity contribution < 1.29 is 23.8 Å². The van der Waals surface area contributed by atoms with Gasteiger partial charge in [-0.25, -0.2) is 9.79 Å². The Labute approximate surface area is 182 Å². The summed E-state index contributed by atoms with van der Waals surface area (Å²) in [6.07, 6.45) is 2.64. The number of cyclic esters (lactones) is 1. The lowest BCUT2D eigenvalue weighted by atomic mass is 10.1. The van der Waals surface area contributed by atoms with Crippen molar-refractivity contribution in [3.8, 4) is 11.5 Å². The topological polar surface area (TPSA) is 74.2 Å². The lowest BCUT2D eigenvalue weighted by Crippen LogP contribution is -2.09. The highest BCUT2D eigenvalue weighted by Gasteiger charge is 2.24. The normalized spacial score (nSPS) is 14.6. The third kappa shape index (κ3) is 5.03. The van der Waals surface area contributed by atoms with Gasteiger partial charge in [0.25, 0.3) is 0 Å². The molecule has 0 N–H and O–H groups in total. The van der Waals surface area contributed by atoms with Crippen molar-refractivity contribution in [3.63, 3.8) is 0 Å². The maximum Gasteiger partial charge on any atom is 0.363 e. The first-order valence-corrected chi connectivity index (χ1v) is 10.2. The van der Waals surface area contributed by atoms with Crippen LogP contribution in [-0.2, 0) is 14.3 Å². The minimum atomic E-state index is -0.520. The minimum Gasteiger partial charge on any atom is -0.493 e. The van der Waals surface area contributed by atoms with Crippen LogP contribution in [0.1, 0.15) is 36.5 Å². The Kier molecular flexibility index (Phi) is 6.68. The van der Waals surface area contributed by atoms with Crippen molar-refractivity contribution in [1.29, 1.82) is 0 Å². The highest BCUT2D eigenvalue weighted by atomic mass is 127. The number of hydrogen-bond donors (Lipinski definition) is 0. The van der Waals surface area contributed by atoms with Crippen LogP contribution in [0, 0.1) is 10.5 Å². The molecule has 29 heavy (non-hydrogen) atoms. The number of rotatable bonds is 6. The number of aryl methyl sites for hydroxylation is 1. The summed E-state index contributed by atoms with van der Waals surface area (Å²) in [5.74, 6) is 0.205. The van der Waals surface area contributed by atoms with Gasteiger partial charge in [0.15, 0.2) is 17.2 Å².